The molecular formula is C11H11N5O2. The molecule has 0 unspecified atom stereocenters. The Morgan fingerprint density at radius 3 is 2.94 bits per heavy atom. The van der Waals surface area contributed by atoms with Crippen LogP contribution in [-0.2, 0) is 11.2 Å². The normalized spacial score (nSPS) is 10.3. The minimum absolute atomic E-state index is 0.0582. The van der Waals surface area contributed by atoms with Crippen molar-refractivity contribution < 1.29 is 9.59 Å². The summed E-state index contributed by atoms with van der Waals surface area (Å²) in [6.07, 6.45) is 0.703. The fourth-order valence-corrected chi connectivity index (χ4v) is 1.56. The predicted octanol–water partition coefficient (Wildman–Crippen LogP) is -0.189. The number of hydrogen-bond acceptors (Lipinski definition) is 5. The van der Waals surface area contributed by atoms with E-state index >= 15 is 0 Å². The van der Waals surface area contributed by atoms with Crippen molar-refractivity contribution >= 4 is 12.2 Å². The molecular weight excluding hydrogens is 234 g/mol. The van der Waals surface area contributed by atoms with Gasteiger partial charge < -0.3 is 5.73 Å². The molecule has 0 saturated heterocycles. The first-order chi connectivity index (χ1) is 8.61. The molecule has 0 aliphatic carbocycles. The predicted molar refractivity (Wildman–Crippen MR) is 62.2 cm³/mol. The van der Waals surface area contributed by atoms with E-state index < -0.39 is 5.91 Å². The van der Waals surface area contributed by atoms with Gasteiger partial charge in [-0.3, -0.25) is 9.59 Å². The second-order valence-corrected chi connectivity index (χ2v) is 3.81. The molecule has 0 aliphatic heterocycles. The van der Waals surface area contributed by atoms with Crippen molar-refractivity contribution in [3.63, 3.8) is 0 Å². The summed E-state index contributed by atoms with van der Waals surface area (Å²) < 4.78 is 1.39. The first kappa shape index (κ1) is 11.9. The highest BCUT2D eigenvalue weighted by Crippen LogP contribution is 2.13. The van der Waals surface area contributed by atoms with Crippen LogP contribution in [0.4, 0.5) is 0 Å². The van der Waals surface area contributed by atoms with E-state index in [2.05, 4.69) is 15.5 Å². The van der Waals surface area contributed by atoms with Gasteiger partial charge in [-0.25, -0.2) is 0 Å². The Morgan fingerprint density at radius 1 is 1.50 bits per heavy atom. The lowest BCUT2D eigenvalue weighted by molar-refractivity contribution is -0.117. The summed E-state index contributed by atoms with van der Waals surface area (Å²) in [7, 11) is 0. The van der Waals surface area contributed by atoms with Gasteiger partial charge in [0, 0.05) is 5.56 Å². The zero-order valence-electron chi connectivity index (χ0n) is 9.70. The van der Waals surface area contributed by atoms with Gasteiger partial charge in [-0.1, -0.05) is 6.07 Å². The van der Waals surface area contributed by atoms with Crippen LogP contribution >= 0.6 is 0 Å². The minimum Gasteiger partial charge on any atom is -0.369 e. The summed E-state index contributed by atoms with van der Waals surface area (Å²) in [6.45, 7) is 1.83. The second kappa shape index (κ2) is 4.74. The standard InChI is InChI=1S/C11H11N5O2/c1-7-2-3-9(4-8(7)6-17)16-11(5-10(12)18)13-14-15-16/h2-4,6H,5H2,1H3,(H2,12,18). The number of carbonyl (C=O) groups is 2. The Balaban J connectivity index is 2.45. The Kier molecular flexibility index (Phi) is 3.13. The fraction of sp³-hybridized carbons (Fsp3) is 0.182. The Morgan fingerprint density at radius 2 is 2.28 bits per heavy atom. The average Bonchev–Trinajstić information content (AvgIpc) is 2.77. The molecule has 1 amide bonds. The lowest BCUT2D eigenvalue weighted by Crippen LogP contribution is -2.17. The molecule has 0 radical (unpaired) electrons. The monoisotopic (exact) mass is 245 g/mol. The van der Waals surface area contributed by atoms with E-state index in [-0.39, 0.29) is 6.42 Å². The van der Waals surface area contributed by atoms with Gasteiger partial charge in [0.15, 0.2) is 5.82 Å². The third-order valence-corrected chi connectivity index (χ3v) is 2.50. The molecule has 2 rings (SSSR count). The van der Waals surface area contributed by atoms with Crippen LogP contribution in [0.25, 0.3) is 5.69 Å². The van der Waals surface area contributed by atoms with Crippen LogP contribution in [0, 0.1) is 6.92 Å². The molecule has 0 saturated carbocycles. The average molecular weight is 245 g/mol. The maximum Gasteiger partial charge on any atom is 0.225 e. The van der Waals surface area contributed by atoms with Crippen LogP contribution in [0.2, 0.25) is 0 Å². The Bertz CT molecular complexity index is 605. The second-order valence-electron chi connectivity index (χ2n) is 3.81. The first-order valence-corrected chi connectivity index (χ1v) is 5.23. The quantitative estimate of drug-likeness (QED) is 0.752. The number of tetrazole rings is 1. The summed E-state index contributed by atoms with van der Waals surface area (Å²) >= 11 is 0. The van der Waals surface area contributed by atoms with Crippen LogP contribution in [-0.4, -0.2) is 32.4 Å². The lowest BCUT2D eigenvalue weighted by atomic mass is 10.1. The highest BCUT2D eigenvalue weighted by Gasteiger charge is 2.11. The molecule has 7 nitrogen and oxygen atoms in total. The summed E-state index contributed by atoms with van der Waals surface area (Å²) in [6, 6.07) is 5.21. The first-order valence-electron chi connectivity index (χ1n) is 5.23. The van der Waals surface area contributed by atoms with Crippen molar-refractivity contribution in [2.45, 2.75) is 13.3 Å². The van der Waals surface area contributed by atoms with Gasteiger partial charge in [0.25, 0.3) is 0 Å². The molecule has 7 heteroatoms. The van der Waals surface area contributed by atoms with Crippen LogP contribution in [0.5, 0.6) is 0 Å². The number of amides is 1. The summed E-state index contributed by atoms with van der Waals surface area (Å²) in [5, 5.41) is 11.0. The van der Waals surface area contributed by atoms with Crippen molar-refractivity contribution in [2.75, 3.05) is 0 Å². The number of nitrogens with two attached hydrogens (primary N) is 1. The van der Waals surface area contributed by atoms with E-state index in [0.29, 0.717) is 17.1 Å². The number of aldehydes is 1. The van der Waals surface area contributed by atoms with Crippen LogP contribution in [0.1, 0.15) is 21.7 Å². The molecule has 2 aromatic rings. The van der Waals surface area contributed by atoms with Crippen molar-refractivity contribution in [1.29, 1.82) is 0 Å². The molecule has 0 fully saturated rings. The number of rotatable bonds is 4. The summed E-state index contributed by atoms with van der Waals surface area (Å²) in [5.41, 5.74) is 7.13. The topological polar surface area (TPSA) is 104 Å². The number of carbonyl (C=O) groups excluding carboxylic acids is 2. The molecule has 1 aromatic carbocycles. The molecule has 0 atom stereocenters. The van der Waals surface area contributed by atoms with Crippen LogP contribution in [0.3, 0.4) is 0 Å². The smallest absolute Gasteiger partial charge is 0.225 e. The number of aryl methyl sites for hydroxylation is 1. The number of aromatic nitrogens is 4. The maximum absolute atomic E-state index is 10.9. The molecule has 1 heterocycles. The number of nitrogens with zero attached hydrogens (tertiary/aromatic N) is 4. The highest BCUT2D eigenvalue weighted by atomic mass is 16.1. The van der Waals surface area contributed by atoms with Gasteiger partial charge in [-0.05, 0) is 35.0 Å². The third kappa shape index (κ3) is 2.24. The van der Waals surface area contributed by atoms with Crippen molar-refractivity contribution in [2.24, 2.45) is 5.73 Å². The van der Waals surface area contributed by atoms with Gasteiger partial charge in [-0.15, -0.1) is 5.10 Å². The summed E-state index contributed by atoms with van der Waals surface area (Å²) in [4.78, 5) is 21.8. The molecule has 0 bridgehead atoms. The van der Waals surface area contributed by atoms with Crippen LogP contribution in [0.15, 0.2) is 18.2 Å². The van der Waals surface area contributed by atoms with Crippen molar-refractivity contribution in [3.8, 4) is 5.69 Å². The zero-order chi connectivity index (χ0) is 13.1. The van der Waals surface area contributed by atoms with Gasteiger partial charge in [-0.2, -0.15) is 4.68 Å². The third-order valence-electron chi connectivity index (χ3n) is 2.50. The lowest BCUT2D eigenvalue weighted by Gasteiger charge is -2.05. The van der Waals surface area contributed by atoms with Crippen molar-refractivity contribution in [3.05, 3.63) is 35.2 Å². The molecule has 92 valence electrons. The van der Waals surface area contributed by atoms with Gasteiger partial charge >= 0.3 is 0 Å². The van der Waals surface area contributed by atoms with E-state index in [9.17, 15) is 9.59 Å². The number of hydrogen-bond donors (Lipinski definition) is 1. The number of benzene rings is 1. The van der Waals surface area contributed by atoms with E-state index in [1.165, 1.54) is 4.68 Å². The zero-order valence-corrected chi connectivity index (χ0v) is 9.70. The molecule has 2 N–H and O–H groups in total. The van der Waals surface area contributed by atoms with E-state index in [0.717, 1.165) is 11.8 Å². The highest BCUT2D eigenvalue weighted by molar-refractivity contribution is 5.78. The largest absolute Gasteiger partial charge is 0.369 e. The Labute approximate surface area is 103 Å². The summed E-state index contributed by atoms with van der Waals surface area (Å²) in [5.74, 6) is -0.183. The Hall–Kier alpha value is -2.57. The van der Waals surface area contributed by atoms with Crippen LogP contribution < -0.4 is 5.73 Å². The minimum atomic E-state index is -0.520. The molecule has 0 aliphatic rings. The van der Waals surface area contributed by atoms with Gasteiger partial charge in [0.2, 0.25) is 5.91 Å². The molecule has 1 aromatic heterocycles. The van der Waals surface area contributed by atoms with E-state index in [1.807, 2.05) is 6.92 Å². The van der Waals surface area contributed by atoms with Crippen molar-refractivity contribution in [1.82, 2.24) is 20.2 Å². The maximum atomic E-state index is 10.9. The molecule has 0 spiro atoms. The fourth-order valence-electron chi connectivity index (χ4n) is 1.56. The van der Waals surface area contributed by atoms with Gasteiger partial charge in [0.1, 0.15) is 6.29 Å². The van der Waals surface area contributed by atoms with Gasteiger partial charge in [0.05, 0.1) is 12.1 Å². The molecule has 18 heavy (non-hydrogen) atoms. The SMILES string of the molecule is Cc1ccc(-n2nnnc2CC(N)=O)cc1C=O. The van der Waals surface area contributed by atoms with E-state index in [1.54, 1.807) is 18.2 Å². The number of primary amides is 1. The van der Waals surface area contributed by atoms with E-state index in [4.69, 9.17) is 5.73 Å².